The molecular formula is C90H158. The van der Waals surface area contributed by atoms with Crippen LogP contribution in [0.1, 0.15) is 386 Å². The average Bonchev–Trinajstić information content (AvgIpc) is 2.48. The molecule has 0 spiro atoms. The minimum Gasteiger partial charge on any atom is -0.0654 e. The van der Waals surface area contributed by atoms with E-state index in [1.54, 1.807) is 36.8 Å². The minimum absolute atomic E-state index is 0.923. The van der Waals surface area contributed by atoms with E-state index < -0.39 is 0 Å². The molecule has 0 amide bonds. The molecule has 3 saturated carbocycles. The predicted molar refractivity (Wildman–Crippen MR) is 413 cm³/mol. The van der Waals surface area contributed by atoms with Gasteiger partial charge in [-0.3, -0.25) is 0 Å². The maximum atomic E-state index is 2.38. The first kappa shape index (κ1) is 86.9. The molecule has 3 fully saturated rings. The summed E-state index contributed by atoms with van der Waals surface area (Å²) in [5.41, 5.74) is 10.5. The molecule has 4 aromatic rings. The Morgan fingerprint density at radius 1 is 0.333 bits per heavy atom. The highest BCUT2D eigenvalue weighted by Gasteiger charge is 2.27. The van der Waals surface area contributed by atoms with E-state index in [-0.39, 0.29) is 0 Å². The average molecular weight is 1240 g/mol. The van der Waals surface area contributed by atoms with E-state index in [1.165, 1.54) is 278 Å². The molecule has 8 rings (SSSR count). The highest BCUT2D eigenvalue weighted by Crippen LogP contribution is 2.40. The molecule has 0 radical (unpaired) electrons. The van der Waals surface area contributed by atoms with Crippen molar-refractivity contribution in [3.05, 3.63) is 142 Å². The fraction of sp³-hybridized carbons (Fsp3) is 0.733. The Morgan fingerprint density at radius 2 is 0.733 bits per heavy atom. The number of fused-ring (bicyclic) bond motifs is 2. The van der Waals surface area contributed by atoms with Crippen LogP contribution >= 0.6 is 0 Å². The molecule has 0 heterocycles. The smallest absolute Gasteiger partial charge is 0.0276 e. The predicted octanol–water partition coefficient (Wildman–Crippen LogP) is 30.5. The maximum absolute atomic E-state index is 2.38. The quantitative estimate of drug-likeness (QED) is 0.0497. The molecule has 90 heavy (non-hydrogen) atoms. The van der Waals surface area contributed by atoms with Gasteiger partial charge in [0.05, 0.1) is 0 Å². The molecule has 0 heteroatoms. The van der Waals surface area contributed by atoms with E-state index in [0.29, 0.717) is 0 Å². The van der Waals surface area contributed by atoms with Crippen LogP contribution in [0.3, 0.4) is 0 Å². The van der Waals surface area contributed by atoms with Gasteiger partial charge in [-0.25, -0.2) is 0 Å². The zero-order chi connectivity index (χ0) is 66.3. The highest BCUT2D eigenvalue weighted by atomic mass is 14.3. The van der Waals surface area contributed by atoms with E-state index in [9.17, 15) is 0 Å². The van der Waals surface area contributed by atoms with E-state index >= 15 is 0 Å². The molecule has 0 aliphatic heterocycles. The van der Waals surface area contributed by atoms with Crippen LogP contribution in [0.5, 0.6) is 0 Å². The molecule has 2 unspecified atom stereocenters. The van der Waals surface area contributed by atoms with Gasteiger partial charge < -0.3 is 0 Å². The van der Waals surface area contributed by atoms with Crippen LogP contribution in [0, 0.1) is 42.4 Å². The topological polar surface area (TPSA) is 0 Å². The van der Waals surface area contributed by atoms with Crippen LogP contribution in [0.2, 0.25) is 0 Å². The summed E-state index contributed by atoms with van der Waals surface area (Å²) >= 11 is 0. The van der Waals surface area contributed by atoms with Gasteiger partial charge in [-0.1, -0.05) is 431 Å². The minimum atomic E-state index is 0.923. The third-order valence-corrected chi connectivity index (χ3v) is 20.4. The monoisotopic (exact) mass is 1240 g/mol. The molecule has 2 atom stereocenters. The number of hydrogen-bond acceptors (Lipinski definition) is 0. The van der Waals surface area contributed by atoms with Gasteiger partial charge in [0.2, 0.25) is 0 Å². The lowest BCUT2D eigenvalue weighted by Gasteiger charge is -2.35. The molecule has 0 aromatic heterocycles. The Kier molecular flexibility index (Phi) is 62.3. The van der Waals surface area contributed by atoms with Gasteiger partial charge in [-0.05, 0) is 139 Å². The van der Waals surface area contributed by atoms with Crippen molar-refractivity contribution in [2.75, 3.05) is 0 Å². The van der Waals surface area contributed by atoms with Crippen LogP contribution in [0.25, 0.3) is 0 Å². The first-order valence-electron chi connectivity index (χ1n) is 40.2. The summed E-state index contributed by atoms with van der Waals surface area (Å²) < 4.78 is 0. The van der Waals surface area contributed by atoms with Crippen molar-refractivity contribution < 1.29 is 0 Å². The third kappa shape index (κ3) is 48.6. The van der Waals surface area contributed by atoms with Crippen molar-refractivity contribution in [2.45, 2.75) is 393 Å². The molecule has 0 N–H and O–H groups in total. The third-order valence-electron chi connectivity index (χ3n) is 20.4. The van der Waals surface area contributed by atoms with Gasteiger partial charge in [0.15, 0.2) is 0 Å². The van der Waals surface area contributed by atoms with Crippen molar-refractivity contribution in [2.24, 2.45) is 35.5 Å². The van der Waals surface area contributed by atoms with Crippen LogP contribution in [-0.2, 0) is 38.5 Å². The van der Waals surface area contributed by atoms with Crippen LogP contribution in [-0.4, -0.2) is 0 Å². The van der Waals surface area contributed by atoms with Gasteiger partial charge in [0, 0.05) is 0 Å². The molecule has 0 saturated heterocycles. The van der Waals surface area contributed by atoms with Gasteiger partial charge in [0.1, 0.15) is 0 Å². The Labute approximate surface area is 567 Å². The van der Waals surface area contributed by atoms with Gasteiger partial charge in [-0.15, -0.1) is 0 Å². The standard InChI is InChI=1S/C10H18.C10H12.2C10H14.C10H20.C10H14.3C10H22/c2*1-2-6-10-8-4-3-7-9(10)5-1;1-3-6-10-8-5-4-7-9(10)2;1-3-9-7-5-6-8-10(9)4-2;2*1-2-3-7-10-8-5-4-6-9-10;1-5-7-8-10(4)9(3)6-2;1-4-6-8-10(3)9-7-5-2;1-3-5-7-9-10-8-6-4-2/h9-10H,1-8H2;1-2,5-6H,3-4,7-8H2;4-5,7-8H,3,6H2,1-2H3;5-8H,3-4H2,1-2H3;10H,2-9H2,1H3;4-6,8-9H,2-3,7H2,1H3;9-10H,5-8H2,1-4H3;10H,4-9H2,1-3H3;3-10H2,1-2H3. The Hall–Kier alpha value is -3.12. The summed E-state index contributed by atoms with van der Waals surface area (Å²) in [6.07, 6.45) is 63.7. The first-order chi connectivity index (χ1) is 44.0. The Balaban J connectivity index is 0.000000990. The number of rotatable bonds is 28. The summed E-state index contributed by atoms with van der Waals surface area (Å²) in [6, 6.07) is 36.7. The zero-order valence-corrected chi connectivity index (χ0v) is 63.6. The summed E-state index contributed by atoms with van der Waals surface area (Å²) in [6.45, 7) is 34.1. The normalized spacial score (nSPS) is 16.2. The maximum Gasteiger partial charge on any atom is -0.0276 e. The van der Waals surface area contributed by atoms with Crippen molar-refractivity contribution in [1.29, 1.82) is 0 Å². The van der Waals surface area contributed by atoms with E-state index in [2.05, 4.69) is 207 Å². The van der Waals surface area contributed by atoms with Crippen molar-refractivity contribution in [3.8, 4) is 0 Å². The van der Waals surface area contributed by atoms with Crippen molar-refractivity contribution in [3.63, 3.8) is 0 Å². The van der Waals surface area contributed by atoms with E-state index in [0.717, 1.165) is 48.3 Å². The van der Waals surface area contributed by atoms with Crippen molar-refractivity contribution in [1.82, 2.24) is 0 Å². The second-order valence-electron chi connectivity index (χ2n) is 28.5. The Bertz CT molecular complexity index is 1910. The second-order valence-corrected chi connectivity index (χ2v) is 28.5. The summed E-state index contributed by atoms with van der Waals surface area (Å²) in [5.74, 6) is 6.25. The molecule has 4 aliphatic rings. The number of benzene rings is 4. The summed E-state index contributed by atoms with van der Waals surface area (Å²) in [7, 11) is 0. The van der Waals surface area contributed by atoms with Gasteiger partial charge in [0.25, 0.3) is 0 Å². The van der Waals surface area contributed by atoms with Crippen molar-refractivity contribution >= 4 is 0 Å². The first-order valence-corrected chi connectivity index (χ1v) is 40.2. The molecule has 4 aromatic carbocycles. The fourth-order valence-corrected chi connectivity index (χ4v) is 13.6. The molecule has 0 nitrogen and oxygen atoms in total. The molecule has 0 bridgehead atoms. The van der Waals surface area contributed by atoms with Crippen LogP contribution < -0.4 is 0 Å². The van der Waals surface area contributed by atoms with Gasteiger partial charge >= 0.3 is 0 Å². The lowest BCUT2D eigenvalue weighted by molar-refractivity contribution is 0.171. The highest BCUT2D eigenvalue weighted by molar-refractivity contribution is 5.29. The SMILES string of the molecule is C1CCC2CCCCC2C1.CCCCC(C)C(C)CC.CCCCC(C)CCCC.CCCCC1CCCCC1.CCCCCCCCCC.CCCCc1ccccc1.CCCc1ccccc1C.CCc1ccccc1CC.c1ccc2c(c1)CCCC2. The largest absolute Gasteiger partial charge is 0.0654 e. The zero-order valence-electron chi connectivity index (χ0n) is 63.6. The van der Waals surface area contributed by atoms with E-state index in [4.69, 9.17) is 0 Å². The van der Waals surface area contributed by atoms with Crippen LogP contribution in [0.4, 0.5) is 0 Å². The lowest BCUT2D eigenvalue weighted by Crippen LogP contribution is -2.22. The summed E-state index contributed by atoms with van der Waals surface area (Å²) in [5, 5.41) is 0. The lowest BCUT2D eigenvalue weighted by atomic mass is 9.71. The molecule has 518 valence electrons. The number of hydrogen-bond donors (Lipinski definition) is 0. The molecule has 4 aliphatic carbocycles. The number of unbranched alkanes of at least 4 members (excludes halogenated alkanes) is 12. The second kappa shape index (κ2) is 64.6. The van der Waals surface area contributed by atoms with E-state index in [1.807, 2.05) is 0 Å². The summed E-state index contributed by atoms with van der Waals surface area (Å²) in [4.78, 5) is 0. The van der Waals surface area contributed by atoms with Crippen LogP contribution in [0.15, 0.2) is 103 Å². The molecular weight excluding hydrogens is 1080 g/mol. The van der Waals surface area contributed by atoms with Gasteiger partial charge in [-0.2, -0.15) is 0 Å². The Morgan fingerprint density at radius 3 is 1.16 bits per heavy atom. The number of aryl methyl sites for hydroxylation is 7. The fourth-order valence-electron chi connectivity index (χ4n) is 13.6.